The van der Waals surface area contributed by atoms with Crippen molar-refractivity contribution < 1.29 is 24.3 Å². The van der Waals surface area contributed by atoms with E-state index in [1.54, 1.807) is 0 Å². The molecule has 1 aromatic carbocycles. The summed E-state index contributed by atoms with van der Waals surface area (Å²) in [4.78, 5) is 47.8. The van der Waals surface area contributed by atoms with Gasteiger partial charge in [-0.1, -0.05) is 13.3 Å². The fourth-order valence-corrected chi connectivity index (χ4v) is 2.29. The van der Waals surface area contributed by atoms with E-state index in [0.29, 0.717) is 12.8 Å². The molecule has 1 heterocycles. The molecule has 1 aromatic rings. The van der Waals surface area contributed by atoms with Crippen molar-refractivity contribution in [2.45, 2.75) is 25.8 Å². The third-order valence-electron chi connectivity index (χ3n) is 3.53. The molecular weight excluding hydrogens is 288 g/mol. The Bertz CT molecular complexity index is 668. The van der Waals surface area contributed by atoms with Crippen LogP contribution in [0.3, 0.4) is 0 Å². The second kappa shape index (κ2) is 5.97. The SMILES string of the molecule is CCCC(NC(=O)c1ccc2c(c1)C(=O)N(C)C2=O)C(=O)O. The Kier molecular flexibility index (Phi) is 4.25. The minimum atomic E-state index is -1.11. The number of nitrogens with zero attached hydrogens (tertiary/aromatic N) is 1. The van der Waals surface area contributed by atoms with Crippen LogP contribution in [0, 0.1) is 0 Å². The van der Waals surface area contributed by atoms with Crippen molar-refractivity contribution in [3.05, 3.63) is 34.9 Å². The first-order valence-electron chi connectivity index (χ1n) is 6.87. The average Bonchev–Trinajstić information content (AvgIpc) is 2.71. The van der Waals surface area contributed by atoms with Gasteiger partial charge >= 0.3 is 5.97 Å². The van der Waals surface area contributed by atoms with Gasteiger partial charge in [0.1, 0.15) is 6.04 Å². The minimum Gasteiger partial charge on any atom is -0.480 e. The molecule has 1 aliphatic rings. The van der Waals surface area contributed by atoms with Crippen LogP contribution in [-0.4, -0.2) is 46.8 Å². The van der Waals surface area contributed by atoms with Gasteiger partial charge in [0.2, 0.25) is 0 Å². The second-order valence-electron chi connectivity index (χ2n) is 5.08. The Morgan fingerprint density at radius 1 is 1.23 bits per heavy atom. The Morgan fingerprint density at radius 3 is 2.45 bits per heavy atom. The topological polar surface area (TPSA) is 104 Å². The third-order valence-corrected chi connectivity index (χ3v) is 3.53. The first-order valence-corrected chi connectivity index (χ1v) is 6.87. The number of amides is 3. The molecule has 2 N–H and O–H groups in total. The Balaban J connectivity index is 2.24. The smallest absolute Gasteiger partial charge is 0.326 e. The van der Waals surface area contributed by atoms with Crippen molar-refractivity contribution >= 4 is 23.7 Å². The predicted molar refractivity (Wildman–Crippen MR) is 76.7 cm³/mol. The highest BCUT2D eigenvalue weighted by Crippen LogP contribution is 2.22. The minimum absolute atomic E-state index is 0.151. The number of nitrogens with one attached hydrogen (secondary N) is 1. The van der Waals surface area contributed by atoms with E-state index in [9.17, 15) is 19.2 Å². The number of carboxylic acid groups (broad SMARTS) is 1. The molecule has 0 spiro atoms. The summed E-state index contributed by atoms with van der Waals surface area (Å²) in [6, 6.07) is 3.15. The Labute approximate surface area is 126 Å². The summed E-state index contributed by atoms with van der Waals surface area (Å²) in [7, 11) is 1.37. The number of carboxylic acids is 1. The monoisotopic (exact) mass is 304 g/mol. The highest BCUT2D eigenvalue weighted by molar-refractivity contribution is 6.21. The number of imide groups is 1. The lowest BCUT2D eigenvalue weighted by molar-refractivity contribution is -0.139. The van der Waals surface area contributed by atoms with Crippen molar-refractivity contribution in [2.24, 2.45) is 0 Å². The second-order valence-corrected chi connectivity index (χ2v) is 5.08. The van der Waals surface area contributed by atoms with Gasteiger partial charge in [-0.15, -0.1) is 0 Å². The van der Waals surface area contributed by atoms with Crippen LogP contribution in [0.5, 0.6) is 0 Å². The Morgan fingerprint density at radius 2 is 1.86 bits per heavy atom. The van der Waals surface area contributed by atoms with Gasteiger partial charge in [-0.05, 0) is 24.6 Å². The summed E-state index contributed by atoms with van der Waals surface area (Å²) in [6.45, 7) is 1.82. The molecule has 0 saturated carbocycles. The number of carbonyl (C=O) groups is 4. The van der Waals surface area contributed by atoms with Crippen LogP contribution < -0.4 is 5.32 Å². The van der Waals surface area contributed by atoms with Gasteiger partial charge in [0.05, 0.1) is 11.1 Å². The van der Waals surface area contributed by atoms with Crippen LogP contribution >= 0.6 is 0 Å². The molecule has 0 aliphatic carbocycles. The lowest BCUT2D eigenvalue weighted by atomic mass is 10.0. The number of rotatable bonds is 5. The molecule has 22 heavy (non-hydrogen) atoms. The summed E-state index contributed by atoms with van der Waals surface area (Å²) in [5, 5.41) is 11.5. The van der Waals surface area contributed by atoms with E-state index in [1.165, 1.54) is 25.2 Å². The zero-order valence-electron chi connectivity index (χ0n) is 12.3. The maximum Gasteiger partial charge on any atom is 0.326 e. The molecular formula is C15H16N2O5. The van der Waals surface area contributed by atoms with Gasteiger partial charge in [0.25, 0.3) is 17.7 Å². The van der Waals surface area contributed by atoms with Crippen LogP contribution in [0.15, 0.2) is 18.2 Å². The first-order chi connectivity index (χ1) is 10.4. The van der Waals surface area contributed by atoms with Gasteiger partial charge in [-0.3, -0.25) is 19.3 Å². The van der Waals surface area contributed by atoms with Crippen LogP contribution in [0.4, 0.5) is 0 Å². The van der Waals surface area contributed by atoms with Crippen LogP contribution in [-0.2, 0) is 4.79 Å². The van der Waals surface area contributed by atoms with E-state index in [4.69, 9.17) is 5.11 Å². The van der Waals surface area contributed by atoms with E-state index in [0.717, 1.165) is 4.90 Å². The summed E-state index contributed by atoms with van der Waals surface area (Å²) in [5.74, 6) is -2.58. The molecule has 1 atom stereocenters. The zero-order valence-corrected chi connectivity index (χ0v) is 12.3. The highest BCUT2D eigenvalue weighted by Gasteiger charge is 2.33. The molecule has 0 fully saturated rings. The lowest BCUT2D eigenvalue weighted by Gasteiger charge is -2.13. The van der Waals surface area contributed by atoms with E-state index >= 15 is 0 Å². The molecule has 1 aliphatic heterocycles. The van der Waals surface area contributed by atoms with E-state index in [1.807, 2.05) is 6.92 Å². The van der Waals surface area contributed by atoms with Crippen molar-refractivity contribution in [1.29, 1.82) is 0 Å². The van der Waals surface area contributed by atoms with Crippen LogP contribution in [0.25, 0.3) is 0 Å². The summed E-state index contributed by atoms with van der Waals surface area (Å²) >= 11 is 0. The van der Waals surface area contributed by atoms with Crippen molar-refractivity contribution in [3.8, 4) is 0 Å². The number of hydrogen-bond donors (Lipinski definition) is 2. The average molecular weight is 304 g/mol. The summed E-state index contributed by atoms with van der Waals surface area (Å²) in [5.41, 5.74) is 0.549. The normalized spacial score (nSPS) is 14.7. The van der Waals surface area contributed by atoms with Crippen molar-refractivity contribution in [1.82, 2.24) is 10.2 Å². The lowest BCUT2D eigenvalue weighted by Crippen LogP contribution is -2.40. The molecule has 1 unspecified atom stereocenters. The molecule has 7 nitrogen and oxygen atoms in total. The largest absolute Gasteiger partial charge is 0.480 e. The standard InChI is InChI=1S/C15H16N2O5/c1-3-4-11(15(21)22)16-12(18)8-5-6-9-10(7-8)14(20)17(2)13(9)19/h5-7,11H,3-4H2,1-2H3,(H,16,18)(H,21,22). The fraction of sp³-hybridized carbons (Fsp3) is 0.333. The van der Waals surface area contributed by atoms with Gasteiger partial charge in [0.15, 0.2) is 0 Å². The van der Waals surface area contributed by atoms with Crippen LogP contribution in [0.1, 0.15) is 50.8 Å². The number of aliphatic carboxylic acids is 1. The quantitative estimate of drug-likeness (QED) is 0.786. The van der Waals surface area contributed by atoms with E-state index < -0.39 is 29.7 Å². The third kappa shape index (κ3) is 2.69. The molecule has 0 aromatic heterocycles. The number of benzene rings is 1. The molecule has 0 bridgehead atoms. The van der Waals surface area contributed by atoms with Gasteiger partial charge in [0, 0.05) is 12.6 Å². The maximum absolute atomic E-state index is 12.1. The van der Waals surface area contributed by atoms with Gasteiger partial charge < -0.3 is 10.4 Å². The first kappa shape index (κ1) is 15.7. The predicted octanol–water partition coefficient (Wildman–Crippen LogP) is 0.896. The maximum atomic E-state index is 12.1. The van der Waals surface area contributed by atoms with Gasteiger partial charge in [-0.25, -0.2) is 4.79 Å². The van der Waals surface area contributed by atoms with E-state index in [2.05, 4.69) is 5.32 Å². The number of carbonyl (C=O) groups excluding carboxylic acids is 3. The molecule has 3 amide bonds. The number of hydrogen-bond acceptors (Lipinski definition) is 4. The van der Waals surface area contributed by atoms with Crippen molar-refractivity contribution in [3.63, 3.8) is 0 Å². The Hall–Kier alpha value is -2.70. The summed E-state index contributed by atoms with van der Waals surface area (Å²) in [6.07, 6.45) is 0.922. The van der Waals surface area contributed by atoms with Crippen LogP contribution in [0.2, 0.25) is 0 Å². The number of fused-ring (bicyclic) bond motifs is 1. The molecule has 2 rings (SSSR count). The fourth-order valence-electron chi connectivity index (χ4n) is 2.29. The molecule has 0 radical (unpaired) electrons. The highest BCUT2D eigenvalue weighted by atomic mass is 16.4. The molecule has 7 heteroatoms. The van der Waals surface area contributed by atoms with Gasteiger partial charge in [-0.2, -0.15) is 0 Å². The molecule has 0 saturated heterocycles. The zero-order chi connectivity index (χ0) is 16.4. The molecule has 116 valence electrons. The van der Waals surface area contributed by atoms with E-state index in [-0.39, 0.29) is 16.7 Å². The summed E-state index contributed by atoms with van der Waals surface area (Å²) < 4.78 is 0. The van der Waals surface area contributed by atoms with Crippen molar-refractivity contribution in [2.75, 3.05) is 7.05 Å².